The maximum atomic E-state index is 9.42. The number of hydrogen-bond donors (Lipinski definition) is 1. The summed E-state index contributed by atoms with van der Waals surface area (Å²) in [4.78, 5) is 4.56. The van der Waals surface area contributed by atoms with Crippen LogP contribution in [0.2, 0.25) is 0 Å². The van der Waals surface area contributed by atoms with Gasteiger partial charge in [-0.15, -0.1) is 0 Å². The average Bonchev–Trinajstić information content (AvgIpc) is 2.98. The van der Waals surface area contributed by atoms with Crippen molar-refractivity contribution < 1.29 is 5.11 Å². The number of thioether (sulfide) groups is 1. The van der Waals surface area contributed by atoms with Gasteiger partial charge in [-0.3, -0.25) is 0 Å². The van der Waals surface area contributed by atoms with Crippen LogP contribution in [0.5, 0.6) is 0 Å². The van der Waals surface area contributed by atoms with Crippen LogP contribution in [0.3, 0.4) is 0 Å². The summed E-state index contributed by atoms with van der Waals surface area (Å²) in [7, 11) is 0. The molecule has 3 nitrogen and oxygen atoms in total. The zero-order valence-electron chi connectivity index (χ0n) is 14.1. The van der Waals surface area contributed by atoms with Crippen molar-refractivity contribution in [3.63, 3.8) is 0 Å². The highest BCUT2D eigenvalue weighted by Crippen LogP contribution is 2.25. The van der Waals surface area contributed by atoms with Crippen molar-refractivity contribution in [3.8, 4) is 0 Å². The minimum absolute atomic E-state index is 0.0289. The molecule has 4 heteroatoms. The number of hydrogen-bond acceptors (Lipinski definition) is 3. The second-order valence-electron chi connectivity index (χ2n) is 6.00. The number of rotatable bonds is 6. The summed E-state index contributed by atoms with van der Waals surface area (Å²) >= 11 is 1.71. The molecule has 1 aromatic heterocycles. The first-order chi connectivity index (χ1) is 11.7. The van der Waals surface area contributed by atoms with Crippen LogP contribution in [-0.4, -0.2) is 14.7 Å². The molecule has 0 aliphatic rings. The molecule has 0 fully saturated rings. The van der Waals surface area contributed by atoms with Crippen LogP contribution < -0.4 is 0 Å². The Morgan fingerprint density at radius 3 is 2.50 bits per heavy atom. The molecule has 0 aliphatic carbocycles. The Kier molecular flexibility index (Phi) is 5.38. The molecule has 1 N–H and O–H groups in total. The third kappa shape index (κ3) is 4.08. The van der Waals surface area contributed by atoms with Gasteiger partial charge in [-0.25, -0.2) is 4.98 Å². The first kappa shape index (κ1) is 16.8. The van der Waals surface area contributed by atoms with Gasteiger partial charge in [-0.05, 0) is 30.5 Å². The molecule has 0 unspecified atom stereocenters. The Bertz CT molecular complexity index is 809. The van der Waals surface area contributed by atoms with Gasteiger partial charge in [0.1, 0.15) is 0 Å². The molecule has 1 heterocycles. The first-order valence-corrected chi connectivity index (χ1v) is 9.04. The molecule has 0 saturated heterocycles. The zero-order chi connectivity index (χ0) is 16.9. The van der Waals surface area contributed by atoms with Crippen molar-refractivity contribution in [2.75, 3.05) is 0 Å². The molecular weight excluding hydrogens is 316 g/mol. The van der Waals surface area contributed by atoms with Gasteiger partial charge in [0.15, 0.2) is 5.16 Å². The van der Waals surface area contributed by atoms with E-state index in [9.17, 15) is 5.11 Å². The van der Waals surface area contributed by atoms with Crippen LogP contribution in [0.15, 0.2) is 59.9 Å². The number of aromatic nitrogens is 2. The van der Waals surface area contributed by atoms with E-state index in [1.807, 2.05) is 6.20 Å². The molecule has 24 heavy (non-hydrogen) atoms. The van der Waals surface area contributed by atoms with E-state index in [2.05, 4.69) is 71.9 Å². The van der Waals surface area contributed by atoms with Gasteiger partial charge in [0.05, 0.1) is 12.3 Å². The molecular formula is C20H22N2OS. The molecule has 0 aliphatic heterocycles. The molecule has 0 atom stereocenters. The van der Waals surface area contributed by atoms with Crippen LogP contribution >= 0.6 is 11.8 Å². The van der Waals surface area contributed by atoms with Crippen LogP contribution in [-0.2, 0) is 18.9 Å². The molecule has 0 spiro atoms. The molecule has 124 valence electrons. The minimum Gasteiger partial charge on any atom is -0.390 e. The molecule has 3 aromatic rings. The van der Waals surface area contributed by atoms with E-state index >= 15 is 0 Å². The normalized spacial score (nSPS) is 11.0. The number of imidazole rings is 1. The van der Waals surface area contributed by atoms with Crippen molar-refractivity contribution in [1.29, 1.82) is 0 Å². The second kappa shape index (κ2) is 7.69. The van der Waals surface area contributed by atoms with Gasteiger partial charge in [0.2, 0.25) is 0 Å². The fourth-order valence-corrected chi connectivity index (χ4v) is 3.63. The quantitative estimate of drug-likeness (QED) is 0.680. The monoisotopic (exact) mass is 338 g/mol. The van der Waals surface area contributed by atoms with Gasteiger partial charge in [-0.1, -0.05) is 65.9 Å². The van der Waals surface area contributed by atoms with E-state index in [0.717, 1.165) is 23.1 Å². The molecule has 0 saturated carbocycles. The Morgan fingerprint density at radius 2 is 1.79 bits per heavy atom. The van der Waals surface area contributed by atoms with E-state index in [-0.39, 0.29) is 6.61 Å². The highest BCUT2D eigenvalue weighted by atomic mass is 32.2. The lowest BCUT2D eigenvalue weighted by atomic mass is 10.1. The summed E-state index contributed by atoms with van der Waals surface area (Å²) in [5.74, 6) is 0.877. The number of aliphatic hydroxyl groups is 1. The van der Waals surface area contributed by atoms with Crippen molar-refractivity contribution >= 4 is 11.8 Å². The largest absolute Gasteiger partial charge is 0.390 e. The van der Waals surface area contributed by atoms with E-state index in [1.165, 1.54) is 22.3 Å². The van der Waals surface area contributed by atoms with E-state index in [4.69, 9.17) is 0 Å². The lowest BCUT2D eigenvalue weighted by Crippen LogP contribution is -2.00. The van der Waals surface area contributed by atoms with Crippen molar-refractivity contribution in [1.82, 2.24) is 9.55 Å². The summed E-state index contributed by atoms with van der Waals surface area (Å²) in [6, 6.07) is 17.0. The van der Waals surface area contributed by atoms with Crippen molar-refractivity contribution in [2.24, 2.45) is 0 Å². The number of benzene rings is 2. The lowest BCUT2D eigenvalue weighted by Gasteiger charge is -2.09. The highest BCUT2D eigenvalue weighted by Gasteiger charge is 2.10. The first-order valence-electron chi connectivity index (χ1n) is 8.05. The Balaban J connectivity index is 1.78. The maximum Gasteiger partial charge on any atom is 0.168 e. The van der Waals surface area contributed by atoms with Gasteiger partial charge < -0.3 is 9.67 Å². The predicted octanol–water partition coefficient (Wildman–Crippen LogP) is 4.33. The van der Waals surface area contributed by atoms with E-state index in [1.54, 1.807) is 11.8 Å². The molecule has 0 amide bonds. The summed E-state index contributed by atoms with van der Waals surface area (Å²) in [5.41, 5.74) is 5.83. The van der Waals surface area contributed by atoms with Crippen LogP contribution in [0.1, 0.15) is 27.9 Å². The SMILES string of the molecule is Cc1ccc(Cn2cc(CO)nc2SCc2ccccc2C)cc1. The third-order valence-electron chi connectivity index (χ3n) is 4.04. The summed E-state index contributed by atoms with van der Waals surface area (Å²) in [5, 5.41) is 10.4. The number of aliphatic hydroxyl groups excluding tert-OH is 1. The lowest BCUT2D eigenvalue weighted by molar-refractivity contribution is 0.277. The fourth-order valence-electron chi connectivity index (χ4n) is 2.56. The Labute approximate surface area is 147 Å². The van der Waals surface area contributed by atoms with E-state index in [0.29, 0.717) is 0 Å². The smallest absolute Gasteiger partial charge is 0.168 e. The van der Waals surface area contributed by atoms with Crippen LogP contribution in [0.4, 0.5) is 0 Å². The fraction of sp³-hybridized carbons (Fsp3) is 0.250. The third-order valence-corrected chi connectivity index (χ3v) is 5.08. The average molecular weight is 338 g/mol. The van der Waals surface area contributed by atoms with Gasteiger partial charge in [0.25, 0.3) is 0 Å². The zero-order valence-corrected chi connectivity index (χ0v) is 14.9. The molecule has 3 rings (SSSR count). The molecule has 0 bridgehead atoms. The van der Waals surface area contributed by atoms with Crippen LogP contribution in [0, 0.1) is 13.8 Å². The Hall–Kier alpha value is -2.04. The van der Waals surface area contributed by atoms with Crippen molar-refractivity contribution in [3.05, 3.63) is 82.7 Å². The van der Waals surface area contributed by atoms with Crippen molar-refractivity contribution in [2.45, 2.75) is 37.9 Å². The number of aryl methyl sites for hydroxylation is 2. The topological polar surface area (TPSA) is 38.0 Å². The summed E-state index contributed by atoms with van der Waals surface area (Å²) in [6.07, 6.45) is 1.94. The summed E-state index contributed by atoms with van der Waals surface area (Å²) in [6.45, 7) is 4.96. The predicted molar refractivity (Wildman–Crippen MR) is 99.2 cm³/mol. The van der Waals surface area contributed by atoms with Crippen LogP contribution in [0.25, 0.3) is 0 Å². The van der Waals surface area contributed by atoms with E-state index < -0.39 is 0 Å². The number of nitrogens with zero attached hydrogens (tertiary/aromatic N) is 2. The molecule has 0 radical (unpaired) electrons. The molecule has 2 aromatic carbocycles. The highest BCUT2D eigenvalue weighted by molar-refractivity contribution is 7.98. The Morgan fingerprint density at radius 1 is 1.04 bits per heavy atom. The standard InChI is InChI=1S/C20H22N2OS/c1-15-7-9-17(10-8-15)11-22-12-19(13-23)21-20(22)24-14-18-6-4-3-5-16(18)2/h3-10,12,23H,11,13-14H2,1-2H3. The van der Waals surface area contributed by atoms with Gasteiger partial charge >= 0.3 is 0 Å². The van der Waals surface area contributed by atoms with Gasteiger partial charge in [-0.2, -0.15) is 0 Å². The second-order valence-corrected chi connectivity index (χ2v) is 6.94. The summed E-state index contributed by atoms with van der Waals surface area (Å²) < 4.78 is 2.12. The maximum absolute atomic E-state index is 9.42. The van der Waals surface area contributed by atoms with Gasteiger partial charge in [0, 0.05) is 18.5 Å². The minimum atomic E-state index is -0.0289.